The zero-order valence-electron chi connectivity index (χ0n) is 17.2. The van der Waals surface area contributed by atoms with Gasteiger partial charge in [-0.2, -0.15) is 0 Å². The zero-order valence-corrected chi connectivity index (χ0v) is 17.2. The molecule has 154 valence electrons. The van der Waals surface area contributed by atoms with Gasteiger partial charge in [0.05, 0.1) is 5.56 Å². The minimum Gasteiger partial charge on any atom is -0.478 e. The maximum absolute atomic E-state index is 11.0. The van der Waals surface area contributed by atoms with Crippen LogP contribution in [0.5, 0.6) is 0 Å². The van der Waals surface area contributed by atoms with E-state index in [0.717, 1.165) is 28.8 Å². The SMILES string of the molecule is NCc1ccc(C[n+]2ccc(-c3cc[n+](Cc4ccc(C(=O)O)cc4)cc3)cc2)cc1. The predicted molar refractivity (Wildman–Crippen MR) is 118 cm³/mol. The molecule has 2 aromatic heterocycles. The van der Waals surface area contributed by atoms with Crippen molar-refractivity contribution in [3.63, 3.8) is 0 Å². The molecule has 5 nitrogen and oxygen atoms in total. The summed E-state index contributed by atoms with van der Waals surface area (Å²) in [5.74, 6) is -0.905. The maximum atomic E-state index is 11.0. The van der Waals surface area contributed by atoms with Gasteiger partial charge in [0.2, 0.25) is 0 Å². The van der Waals surface area contributed by atoms with Crippen molar-refractivity contribution in [1.29, 1.82) is 0 Å². The van der Waals surface area contributed by atoms with E-state index in [1.807, 2.05) is 24.5 Å². The molecule has 3 N–H and O–H groups in total. The summed E-state index contributed by atoms with van der Waals surface area (Å²) in [7, 11) is 0. The van der Waals surface area contributed by atoms with Gasteiger partial charge in [-0.05, 0) is 28.8 Å². The average Bonchev–Trinajstić information content (AvgIpc) is 2.81. The van der Waals surface area contributed by atoms with Crippen LogP contribution in [0.1, 0.15) is 27.0 Å². The van der Waals surface area contributed by atoms with Gasteiger partial charge in [-0.25, -0.2) is 13.9 Å². The molecule has 0 saturated carbocycles. The number of benzene rings is 2. The number of hydrogen-bond acceptors (Lipinski definition) is 2. The molecule has 0 unspecified atom stereocenters. The van der Waals surface area contributed by atoms with Crippen molar-refractivity contribution >= 4 is 5.97 Å². The highest BCUT2D eigenvalue weighted by atomic mass is 16.4. The van der Waals surface area contributed by atoms with Crippen molar-refractivity contribution in [1.82, 2.24) is 0 Å². The second-order valence-corrected chi connectivity index (χ2v) is 7.54. The molecule has 0 atom stereocenters. The highest BCUT2D eigenvalue weighted by molar-refractivity contribution is 5.87. The molecule has 0 aliphatic rings. The molecule has 0 bridgehead atoms. The fraction of sp³-hybridized carbons (Fsp3) is 0.115. The Bertz CT molecular complexity index is 1150. The molecule has 4 aromatic rings. The first-order valence-corrected chi connectivity index (χ1v) is 10.2. The van der Waals surface area contributed by atoms with Crippen LogP contribution in [0.2, 0.25) is 0 Å². The number of hydrogen-bond donors (Lipinski definition) is 2. The zero-order chi connectivity index (χ0) is 21.6. The number of carboxylic acid groups (broad SMARTS) is 1. The van der Waals surface area contributed by atoms with Crippen molar-refractivity contribution in [2.75, 3.05) is 0 Å². The van der Waals surface area contributed by atoms with E-state index in [1.165, 1.54) is 5.56 Å². The fourth-order valence-electron chi connectivity index (χ4n) is 3.47. The Morgan fingerprint density at radius 1 is 0.645 bits per heavy atom. The van der Waals surface area contributed by atoms with E-state index in [-0.39, 0.29) is 0 Å². The minimum atomic E-state index is -0.905. The number of rotatable bonds is 7. The van der Waals surface area contributed by atoms with Gasteiger partial charge in [-0.15, -0.1) is 0 Å². The number of carboxylic acids is 1. The summed E-state index contributed by atoms with van der Waals surface area (Å²) in [6.07, 6.45) is 8.27. The normalized spacial score (nSPS) is 10.7. The molecule has 0 saturated heterocycles. The molecule has 0 aliphatic carbocycles. The summed E-state index contributed by atoms with van der Waals surface area (Å²) in [6.45, 7) is 2.08. The molecule has 2 aromatic carbocycles. The van der Waals surface area contributed by atoms with Gasteiger partial charge in [0.15, 0.2) is 37.9 Å². The van der Waals surface area contributed by atoms with Gasteiger partial charge in [0, 0.05) is 41.9 Å². The highest BCUT2D eigenvalue weighted by Crippen LogP contribution is 2.16. The Kier molecular flexibility index (Phi) is 6.15. The van der Waals surface area contributed by atoms with Crippen LogP contribution in [-0.4, -0.2) is 11.1 Å². The Morgan fingerprint density at radius 2 is 1.03 bits per heavy atom. The highest BCUT2D eigenvalue weighted by Gasteiger charge is 2.08. The second kappa shape index (κ2) is 9.32. The monoisotopic (exact) mass is 411 g/mol. The predicted octanol–water partition coefficient (Wildman–Crippen LogP) is 3.18. The van der Waals surface area contributed by atoms with Gasteiger partial charge < -0.3 is 10.8 Å². The molecule has 0 amide bonds. The summed E-state index contributed by atoms with van der Waals surface area (Å²) < 4.78 is 4.23. The maximum Gasteiger partial charge on any atom is 0.335 e. The van der Waals surface area contributed by atoms with Crippen molar-refractivity contribution in [3.05, 3.63) is 120 Å². The smallest absolute Gasteiger partial charge is 0.335 e. The lowest BCUT2D eigenvalue weighted by atomic mass is 10.1. The number of pyridine rings is 2. The van der Waals surface area contributed by atoms with Crippen LogP contribution in [0, 0.1) is 0 Å². The van der Waals surface area contributed by atoms with Crippen LogP contribution in [-0.2, 0) is 19.6 Å². The lowest BCUT2D eigenvalue weighted by Crippen LogP contribution is -2.33. The van der Waals surface area contributed by atoms with E-state index in [9.17, 15) is 4.79 Å². The van der Waals surface area contributed by atoms with Gasteiger partial charge in [-0.3, -0.25) is 0 Å². The number of aromatic carboxylic acids is 1. The van der Waals surface area contributed by atoms with Crippen LogP contribution in [0.25, 0.3) is 11.1 Å². The summed E-state index contributed by atoms with van der Waals surface area (Å²) in [6, 6.07) is 23.8. The largest absolute Gasteiger partial charge is 0.478 e. The molecule has 0 aliphatic heterocycles. The van der Waals surface area contributed by atoms with E-state index >= 15 is 0 Å². The standard InChI is InChI=1S/C26H24N3O2/c27-17-20-1-3-21(4-2-20)18-28-13-9-23(10-14-28)24-11-15-29(16-12-24)19-22-5-7-25(8-6-22)26(30)31/h1-16H,17-19,27H2/q+1/p+1. The molecule has 0 fully saturated rings. The van der Waals surface area contributed by atoms with Crippen LogP contribution >= 0.6 is 0 Å². The number of aromatic nitrogens is 2. The van der Waals surface area contributed by atoms with E-state index in [0.29, 0.717) is 18.7 Å². The van der Waals surface area contributed by atoms with Gasteiger partial charge >= 0.3 is 5.97 Å². The third-order valence-electron chi connectivity index (χ3n) is 5.31. The first-order valence-electron chi connectivity index (χ1n) is 10.2. The van der Waals surface area contributed by atoms with E-state index in [2.05, 4.69) is 70.1 Å². The molecule has 2 heterocycles. The third-order valence-corrected chi connectivity index (χ3v) is 5.31. The molecular weight excluding hydrogens is 386 g/mol. The summed E-state index contributed by atoms with van der Waals surface area (Å²) in [4.78, 5) is 11.0. The van der Waals surface area contributed by atoms with Gasteiger partial charge in [-0.1, -0.05) is 36.4 Å². The lowest BCUT2D eigenvalue weighted by Gasteiger charge is -2.03. The Labute approximate surface area is 181 Å². The average molecular weight is 412 g/mol. The first-order chi connectivity index (χ1) is 15.1. The molecule has 0 spiro atoms. The van der Waals surface area contributed by atoms with Crippen LogP contribution < -0.4 is 14.9 Å². The second-order valence-electron chi connectivity index (χ2n) is 7.54. The Balaban J connectivity index is 1.40. The van der Waals surface area contributed by atoms with Crippen molar-refractivity contribution in [2.45, 2.75) is 19.6 Å². The van der Waals surface area contributed by atoms with Crippen LogP contribution in [0.4, 0.5) is 0 Å². The van der Waals surface area contributed by atoms with Crippen LogP contribution in [0.15, 0.2) is 97.6 Å². The molecule has 31 heavy (non-hydrogen) atoms. The van der Waals surface area contributed by atoms with Gasteiger partial charge in [0.25, 0.3) is 0 Å². The molecule has 0 radical (unpaired) electrons. The summed E-state index contributed by atoms with van der Waals surface area (Å²) in [5, 5.41) is 9.00. The third kappa shape index (κ3) is 5.21. The van der Waals surface area contributed by atoms with Crippen molar-refractivity contribution in [3.8, 4) is 11.1 Å². The van der Waals surface area contributed by atoms with E-state index in [1.54, 1.807) is 12.1 Å². The Morgan fingerprint density at radius 3 is 1.42 bits per heavy atom. The molecule has 4 rings (SSSR count). The minimum absolute atomic E-state index is 0.304. The molecule has 5 heteroatoms. The first kappa shape index (κ1) is 20.4. The Hall–Kier alpha value is -3.83. The van der Waals surface area contributed by atoms with Crippen molar-refractivity contribution < 1.29 is 19.0 Å². The lowest BCUT2D eigenvalue weighted by molar-refractivity contribution is -0.688. The number of nitrogens with two attached hydrogens (primary N) is 1. The fourth-order valence-corrected chi connectivity index (χ4v) is 3.47. The van der Waals surface area contributed by atoms with Crippen LogP contribution in [0.3, 0.4) is 0 Å². The van der Waals surface area contributed by atoms with E-state index < -0.39 is 5.97 Å². The summed E-state index contributed by atoms with van der Waals surface area (Å²) >= 11 is 0. The number of carbonyl (C=O) groups is 1. The number of nitrogens with zero attached hydrogens (tertiary/aromatic N) is 2. The van der Waals surface area contributed by atoms with E-state index in [4.69, 9.17) is 10.8 Å². The molecular formula is C26H25N3O2+2. The van der Waals surface area contributed by atoms with Crippen molar-refractivity contribution in [2.24, 2.45) is 5.73 Å². The quantitative estimate of drug-likeness (QED) is 0.459. The van der Waals surface area contributed by atoms with Gasteiger partial charge in [0.1, 0.15) is 0 Å². The summed E-state index contributed by atoms with van der Waals surface area (Å²) in [5.41, 5.74) is 11.7. The topological polar surface area (TPSA) is 71.1 Å².